The lowest BCUT2D eigenvalue weighted by Crippen LogP contribution is -2.32. The lowest BCUT2D eigenvalue weighted by atomic mass is 10.2. The predicted molar refractivity (Wildman–Crippen MR) is 73.9 cm³/mol. The van der Waals surface area contributed by atoms with Gasteiger partial charge in [0.05, 0.1) is 0 Å². The summed E-state index contributed by atoms with van der Waals surface area (Å²) in [7, 11) is 0. The molecule has 1 aromatic rings. The summed E-state index contributed by atoms with van der Waals surface area (Å²) < 4.78 is 0. The first-order valence-corrected chi connectivity index (χ1v) is 6.61. The number of aromatic hydroxyl groups is 2. The van der Waals surface area contributed by atoms with Crippen molar-refractivity contribution in [2.24, 2.45) is 0 Å². The minimum Gasteiger partial charge on any atom is -0.504 e. The summed E-state index contributed by atoms with van der Waals surface area (Å²) in [5.74, 6) is -0.130. The highest BCUT2D eigenvalue weighted by Gasteiger charge is 2.02. The minimum atomic E-state index is -0.0705. The van der Waals surface area contributed by atoms with E-state index < -0.39 is 0 Å². The van der Waals surface area contributed by atoms with Crippen molar-refractivity contribution < 1.29 is 10.2 Å². The van der Waals surface area contributed by atoms with Gasteiger partial charge < -0.3 is 20.4 Å². The fourth-order valence-electron chi connectivity index (χ4n) is 1.89. The van der Waals surface area contributed by atoms with E-state index in [1.165, 1.54) is 12.5 Å². The normalized spacial score (nSPS) is 11.1. The maximum absolute atomic E-state index is 9.37. The van der Waals surface area contributed by atoms with E-state index in [1.807, 2.05) is 6.07 Å². The Morgan fingerprint density at radius 1 is 1.11 bits per heavy atom. The molecule has 0 bridgehead atoms. The maximum Gasteiger partial charge on any atom is 0.157 e. The molecule has 0 saturated carbocycles. The zero-order valence-electron chi connectivity index (χ0n) is 11.3. The maximum atomic E-state index is 9.37. The molecule has 0 amide bonds. The van der Waals surface area contributed by atoms with Crippen molar-refractivity contribution in [3.63, 3.8) is 0 Å². The van der Waals surface area contributed by atoms with E-state index in [9.17, 15) is 10.2 Å². The van der Waals surface area contributed by atoms with Gasteiger partial charge in [-0.25, -0.2) is 0 Å². The standard InChI is InChI=1S/C14H24N2O2/c1-3-8-16(4-2)9-7-15-11-12-5-6-13(17)14(18)10-12/h5-6,10,15,17-18H,3-4,7-9,11H2,1-2H3. The second kappa shape index (κ2) is 7.95. The molecule has 0 heterocycles. The smallest absolute Gasteiger partial charge is 0.157 e. The summed E-state index contributed by atoms with van der Waals surface area (Å²) in [6, 6.07) is 4.92. The van der Waals surface area contributed by atoms with Gasteiger partial charge in [-0.15, -0.1) is 0 Å². The highest BCUT2D eigenvalue weighted by Crippen LogP contribution is 2.24. The van der Waals surface area contributed by atoms with Crippen LogP contribution in [-0.4, -0.2) is 41.3 Å². The quantitative estimate of drug-likeness (QED) is 0.489. The Morgan fingerprint density at radius 2 is 1.89 bits per heavy atom. The Hall–Kier alpha value is -1.26. The molecule has 0 radical (unpaired) electrons. The van der Waals surface area contributed by atoms with E-state index in [4.69, 9.17) is 0 Å². The first-order chi connectivity index (χ1) is 8.67. The molecule has 0 aliphatic rings. The molecule has 0 fully saturated rings. The summed E-state index contributed by atoms with van der Waals surface area (Å²) in [6.07, 6.45) is 1.18. The molecule has 0 aliphatic carbocycles. The van der Waals surface area contributed by atoms with Gasteiger partial charge in [-0.3, -0.25) is 0 Å². The van der Waals surface area contributed by atoms with Gasteiger partial charge in [0.25, 0.3) is 0 Å². The van der Waals surface area contributed by atoms with Crippen molar-refractivity contribution in [2.75, 3.05) is 26.2 Å². The third-order valence-corrected chi connectivity index (χ3v) is 2.96. The molecular weight excluding hydrogens is 228 g/mol. The second-order valence-corrected chi connectivity index (χ2v) is 4.43. The third kappa shape index (κ3) is 4.94. The lowest BCUT2D eigenvalue weighted by Gasteiger charge is -2.19. The zero-order chi connectivity index (χ0) is 13.4. The number of rotatable bonds is 8. The molecule has 3 N–H and O–H groups in total. The Labute approximate surface area is 109 Å². The number of phenolic OH excluding ortho intramolecular Hbond substituents is 2. The number of hydrogen-bond acceptors (Lipinski definition) is 4. The molecule has 0 aromatic heterocycles. The first-order valence-electron chi connectivity index (χ1n) is 6.61. The number of nitrogens with zero attached hydrogens (tertiary/aromatic N) is 1. The minimum absolute atomic E-state index is 0.0598. The van der Waals surface area contributed by atoms with Gasteiger partial charge in [-0.1, -0.05) is 19.9 Å². The van der Waals surface area contributed by atoms with Crippen LogP contribution in [0.3, 0.4) is 0 Å². The van der Waals surface area contributed by atoms with E-state index in [2.05, 4.69) is 24.1 Å². The predicted octanol–water partition coefficient (Wildman–Crippen LogP) is 1.92. The topological polar surface area (TPSA) is 55.7 Å². The van der Waals surface area contributed by atoms with Crippen LogP contribution >= 0.6 is 0 Å². The summed E-state index contributed by atoms with van der Waals surface area (Å²) in [5, 5.41) is 21.9. The monoisotopic (exact) mass is 252 g/mol. The van der Waals surface area contributed by atoms with Gasteiger partial charge in [0.15, 0.2) is 11.5 Å². The average Bonchev–Trinajstić information content (AvgIpc) is 2.37. The van der Waals surface area contributed by atoms with Crippen LogP contribution in [0, 0.1) is 0 Å². The Kier molecular flexibility index (Phi) is 6.54. The first kappa shape index (κ1) is 14.8. The SMILES string of the molecule is CCCN(CC)CCNCc1ccc(O)c(O)c1. The molecule has 0 spiro atoms. The number of phenols is 2. The summed E-state index contributed by atoms with van der Waals surface area (Å²) in [6.45, 7) is 9.25. The third-order valence-electron chi connectivity index (χ3n) is 2.96. The molecule has 4 nitrogen and oxygen atoms in total. The number of hydrogen-bond donors (Lipinski definition) is 3. The van der Waals surface area contributed by atoms with Crippen LogP contribution < -0.4 is 5.32 Å². The van der Waals surface area contributed by atoms with Gasteiger partial charge in [0, 0.05) is 19.6 Å². The molecule has 4 heteroatoms. The van der Waals surface area contributed by atoms with Crippen LogP contribution in [0.25, 0.3) is 0 Å². The van der Waals surface area contributed by atoms with Gasteiger partial charge in [-0.05, 0) is 37.2 Å². The Morgan fingerprint density at radius 3 is 2.50 bits per heavy atom. The zero-order valence-corrected chi connectivity index (χ0v) is 11.3. The summed E-state index contributed by atoms with van der Waals surface area (Å²) in [4.78, 5) is 2.40. The lowest BCUT2D eigenvalue weighted by molar-refractivity contribution is 0.287. The molecule has 18 heavy (non-hydrogen) atoms. The highest BCUT2D eigenvalue weighted by molar-refractivity contribution is 5.40. The molecular formula is C14H24N2O2. The molecule has 0 atom stereocenters. The largest absolute Gasteiger partial charge is 0.504 e. The summed E-state index contributed by atoms with van der Waals surface area (Å²) in [5.41, 5.74) is 0.976. The molecule has 0 unspecified atom stereocenters. The second-order valence-electron chi connectivity index (χ2n) is 4.43. The van der Waals surface area contributed by atoms with Crippen LogP contribution in [0.4, 0.5) is 0 Å². The fraction of sp³-hybridized carbons (Fsp3) is 0.571. The number of likely N-dealkylation sites (N-methyl/N-ethyl adjacent to an activating group) is 1. The molecule has 1 aromatic carbocycles. The van der Waals surface area contributed by atoms with Crippen molar-refractivity contribution in [2.45, 2.75) is 26.8 Å². The van der Waals surface area contributed by atoms with Crippen LogP contribution in [0.2, 0.25) is 0 Å². The molecule has 0 saturated heterocycles. The van der Waals surface area contributed by atoms with Crippen molar-refractivity contribution in [1.29, 1.82) is 0 Å². The highest BCUT2D eigenvalue weighted by atomic mass is 16.3. The number of benzene rings is 1. The van der Waals surface area contributed by atoms with Crippen molar-refractivity contribution >= 4 is 0 Å². The van der Waals surface area contributed by atoms with Crippen molar-refractivity contribution in [1.82, 2.24) is 10.2 Å². The van der Waals surface area contributed by atoms with Crippen molar-refractivity contribution in [3.8, 4) is 11.5 Å². The fourth-order valence-corrected chi connectivity index (χ4v) is 1.89. The van der Waals surface area contributed by atoms with Crippen LogP contribution in [0.15, 0.2) is 18.2 Å². The van der Waals surface area contributed by atoms with Gasteiger partial charge >= 0.3 is 0 Å². The average molecular weight is 252 g/mol. The molecule has 1 rings (SSSR count). The number of nitrogens with one attached hydrogen (secondary N) is 1. The molecule has 0 aliphatic heterocycles. The van der Waals surface area contributed by atoms with E-state index in [-0.39, 0.29) is 11.5 Å². The van der Waals surface area contributed by atoms with Gasteiger partial charge in [0.1, 0.15) is 0 Å². The Balaban J connectivity index is 2.26. The molecule has 102 valence electrons. The van der Waals surface area contributed by atoms with E-state index in [1.54, 1.807) is 6.07 Å². The van der Waals surface area contributed by atoms with E-state index in [0.717, 1.165) is 31.7 Å². The van der Waals surface area contributed by atoms with E-state index >= 15 is 0 Å². The van der Waals surface area contributed by atoms with Gasteiger partial charge in [-0.2, -0.15) is 0 Å². The van der Waals surface area contributed by atoms with Gasteiger partial charge in [0.2, 0.25) is 0 Å². The Bertz CT molecular complexity index is 356. The summed E-state index contributed by atoms with van der Waals surface area (Å²) >= 11 is 0. The van der Waals surface area contributed by atoms with E-state index in [0.29, 0.717) is 6.54 Å². The van der Waals surface area contributed by atoms with Crippen molar-refractivity contribution in [3.05, 3.63) is 23.8 Å². The van der Waals surface area contributed by atoms with Crippen LogP contribution in [-0.2, 0) is 6.54 Å². The van der Waals surface area contributed by atoms with Crippen LogP contribution in [0.1, 0.15) is 25.8 Å². The van der Waals surface area contributed by atoms with Crippen LogP contribution in [0.5, 0.6) is 11.5 Å².